The molecule has 0 aliphatic heterocycles. The molecule has 1 rings (SSSR count). The lowest BCUT2D eigenvalue weighted by atomic mass is 10.3. The van der Waals surface area contributed by atoms with E-state index in [1.165, 1.54) is 0 Å². The summed E-state index contributed by atoms with van der Waals surface area (Å²) in [6.45, 7) is 5.20. The molecule has 0 aromatic carbocycles. The zero-order valence-corrected chi connectivity index (χ0v) is 11.2. The first-order valence-corrected chi connectivity index (χ1v) is 6.74. The predicted molar refractivity (Wildman–Crippen MR) is 72.4 cm³/mol. The standard InChI is InChI=1S/C11H20N4S/c1-8-7-14-11(12-3)15-10(8)13-6-5-9(2)16-4/h7,9H,5-6H2,1-4H3,(H2,12,13,14,15). The summed E-state index contributed by atoms with van der Waals surface area (Å²) in [6, 6.07) is 0. The van der Waals surface area contributed by atoms with Gasteiger partial charge in [0.05, 0.1) is 0 Å². The monoisotopic (exact) mass is 240 g/mol. The van der Waals surface area contributed by atoms with Gasteiger partial charge in [-0.2, -0.15) is 16.7 Å². The summed E-state index contributed by atoms with van der Waals surface area (Å²) in [7, 11) is 1.82. The smallest absolute Gasteiger partial charge is 0.224 e. The van der Waals surface area contributed by atoms with Gasteiger partial charge in [-0.3, -0.25) is 0 Å². The number of nitrogens with one attached hydrogen (secondary N) is 2. The Morgan fingerprint density at radius 3 is 2.88 bits per heavy atom. The first kappa shape index (κ1) is 13.1. The van der Waals surface area contributed by atoms with Gasteiger partial charge in [-0.15, -0.1) is 0 Å². The van der Waals surface area contributed by atoms with Crippen molar-refractivity contribution >= 4 is 23.5 Å². The predicted octanol–water partition coefficient (Wildman–Crippen LogP) is 2.38. The molecule has 1 aromatic heterocycles. The first-order chi connectivity index (χ1) is 7.67. The Labute approximate surface area is 102 Å². The Kier molecular flexibility index (Phi) is 5.38. The molecule has 0 aliphatic rings. The van der Waals surface area contributed by atoms with Crippen LogP contribution in [-0.2, 0) is 0 Å². The summed E-state index contributed by atoms with van der Waals surface area (Å²) in [5.74, 6) is 1.58. The SMILES string of the molecule is CNc1ncc(C)c(NCCC(C)SC)n1. The number of hydrogen-bond acceptors (Lipinski definition) is 5. The second-order valence-corrected chi connectivity index (χ2v) is 5.01. The second-order valence-electron chi connectivity index (χ2n) is 3.74. The van der Waals surface area contributed by atoms with Crippen molar-refractivity contribution in [3.05, 3.63) is 11.8 Å². The van der Waals surface area contributed by atoms with Crippen LogP contribution in [0.1, 0.15) is 18.9 Å². The fourth-order valence-corrected chi connectivity index (χ4v) is 1.61. The third-order valence-electron chi connectivity index (χ3n) is 2.44. The Morgan fingerprint density at radius 2 is 2.25 bits per heavy atom. The minimum atomic E-state index is 0.658. The summed E-state index contributed by atoms with van der Waals surface area (Å²) >= 11 is 1.89. The molecule has 1 unspecified atom stereocenters. The van der Waals surface area contributed by atoms with Gasteiger partial charge in [-0.05, 0) is 19.6 Å². The van der Waals surface area contributed by atoms with Crippen LogP contribution < -0.4 is 10.6 Å². The lowest BCUT2D eigenvalue weighted by Gasteiger charge is -2.11. The van der Waals surface area contributed by atoms with Crippen LogP contribution in [0.25, 0.3) is 0 Å². The van der Waals surface area contributed by atoms with Gasteiger partial charge >= 0.3 is 0 Å². The van der Waals surface area contributed by atoms with Crippen molar-refractivity contribution < 1.29 is 0 Å². The highest BCUT2D eigenvalue weighted by Gasteiger charge is 2.03. The van der Waals surface area contributed by atoms with Gasteiger partial charge in [0, 0.05) is 30.6 Å². The largest absolute Gasteiger partial charge is 0.370 e. The number of hydrogen-bond donors (Lipinski definition) is 2. The van der Waals surface area contributed by atoms with Crippen molar-refractivity contribution in [3.63, 3.8) is 0 Å². The van der Waals surface area contributed by atoms with E-state index in [9.17, 15) is 0 Å². The maximum Gasteiger partial charge on any atom is 0.224 e. The number of thioether (sulfide) groups is 1. The summed E-state index contributed by atoms with van der Waals surface area (Å²) in [5.41, 5.74) is 1.08. The highest BCUT2D eigenvalue weighted by atomic mass is 32.2. The molecule has 1 aromatic rings. The van der Waals surface area contributed by atoms with Gasteiger partial charge in [-0.1, -0.05) is 6.92 Å². The minimum Gasteiger partial charge on any atom is -0.370 e. The molecule has 0 saturated carbocycles. The molecule has 0 saturated heterocycles. The summed E-state index contributed by atoms with van der Waals surface area (Å²) in [4.78, 5) is 8.52. The summed E-state index contributed by atoms with van der Waals surface area (Å²) in [6.07, 6.45) is 5.11. The van der Waals surface area contributed by atoms with E-state index in [0.29, 0.717) is 11.2 Å². The van der Waals surface area contributed by atoms with Gasteiger partial charge in [-0.25, -0.2) is 4.98 Å². The summed E-state index contributed by atoms with van der Waals surface area (Å²) in [5, 5.41) is 6.97. The molecule has 0 fully saturated rings. The first-order valence-electron chi connectivity index (χ1n) is 5.45. The van der Waals surface area contributed by atoms with E-state index < -0.39 is 0 Å². The number of aromatic nitrogens is 2. The van der Waals surface area contributed by atoms with E-state index in [-0.39, 0.29) is 0 Å². The second kappa shape index (κ2) is 6.58. The number of anilines is 2. The number of aryl methyl sites for hydroxylation is 1. The van der Waals surface area contributed by atoms with Gasteiger partial charge in [0.15, 0.2) is 0 Å². The minimum absolute atomic E-state index is 0.658. The molecule has 16 heavy (non-hydrogen) atoms. The Morgan fingerprint density at radius 1 is 1.50 bits per heavy atom. The van der Waals surface area contributed by atoms with Crippen molar-refractivity contribution in [1.29, 1.82) is 0 Å². The molecule has 1 heterocycles. The molecule has 5 heteroatoms. The van der Waals surface area contributed by atoms with Crippen molar-refractivity contribution in [2.24, 2.45) is 0 Å². The fourth-order valence-electron chi connectivity index (χ4n) is 1.25. The maximum absolute atomic E-state index is 4.37. The molecule has 90 valence electrons. The highest BCUT2D eigenvalue weighted by molar-refractivity contribution is 7.99. The van der Waals surface area contributed by atoms with Crippen LogP contribution in [0.5, 0.6) is 0 Å². The molecule has 0 aliphatic carbocycles. The Bertz CT molecular complexity index is 330. The van der Waals surface area contributed by atoms with Crippen molar-refractivity contribution in [1.82, 2.24) is 9.97 Å². The molecular weight excluding hydrogens is 220 g/mol. The van der Waals surface area contributed by atoms with Crippen LogP contribution in [-0.4, -0.2) is 35.1 Å². The molecule has 0 amide bonds. The maximum atomic E-state index is 4.37. The van der Waals surface area contributed by atoms with E-state index in [0.717, 1.165) is 24.3 Å². The Balaban J connectivity index is 2.52. The molecule has 0 bridgehead atoms. The van der Waals surface area contributed by atoms with Crippen LogP contribution in [0.3, 0.4) is 0 Å². The summed E-state index contributed by atoms with van der Waals surface area (Å²) < 4.78 is 0. The van der Waals surface area contributed by atoms with Crippen molar-refractivity contribution in [3.8, 4) is 0 Å². The van der Waals surface area contributed by atoms with E-state index in [4.69, 9.17) is 0 Å². The fraction of sp³-hybridized carbons (Fsp3) is 0.636. The normalized spacial score (nSPS) is 12.2. The van der Waals surface area contributed by atoms with Crippen LogP contribution in [0.2, 0.25) is 0 Å². The quantitative estimate of drug-likeness (QED) is 0.799. The lowest BCUT2D eigenvalue weighted by molar-refractivity contribution is 0.848. The molecular formula is C11H20N4S. The van der Waals surface area contributed by atoms with E-state index >= 15 is 0 Å². The average Bonchev–Trinajstić information content (AvgIpc) is 2.31. The van der Waals surface area contributed by atoms with Gasteiger partial charge in [0.1, 0.15) is 5.82 Å². The molecule has 0 radical (unpaired) electrons. The van der Waals surface area contributed by atoms with Crippen LogP contribution in [0, 0.1) is 6.92 Å². The van der Waals surface area contributed by atoms with Gasteiger partial charge < -0.3 is 10.6 Å². The van der Waals surface area contributed by atoms with Crippen molar-refractivity contribution in [2.45, 2.75) is 25.5 Å². The number of rotatable bonds is 6. The zero-order valence-electron chi connectivity index (χ0n) is 10.4. The number of nitrogens with zero attached hydrogens (tertiary/aromatic N) is 2. The van der Waals surface area contributed by atoms with Crippen LogP contribution >= 0.6 is 11.8 Å². The van der Waals surface area contributed by atoms with Crippen LogP contribution in [0.4, 0.5) is 11.8 Å². The van der Waals surface area contributed by atoms with E-state index in [1.807, 2.05) is 31.9 Å². The zero-order chi connectivity index (χ0) is 12.0. The molecule has 4 nitrogen and oxygen atoms in total. The van der Waals surface area contributed by atoms with Gasteiger partial charge in [0.2, 0.25) is 5.95 Å². The average molecular weight is 240 g/mol. The third-order valence-corrected chi connectivity index (χ3v) is 3.48. The van der Waals surface area contributed by atoms with E-state index in [2.05, 4.69) is 33.8 Å². The van der Waals surface area contributed by atoms with E-state index in [1.54, 1.807) is 0 Å². The van der Waals surface area contributed by atoms with Crippen LogP contribution in [0.15, 0.2) is 6.20 Å². The molecule has 2 N–H and O–H groups in total. The third kappa shape index (κ3) is 3.89. The Hall–Kier alpha value is -0.970. The highest BCUT2D eigenvalue weighted by Crippen LogP contribution is 2.14. The van der Waals surface area contributed by atoms with Gasteiger partial charge in [0.25, 0.3) is 0 Å². The molecule has 0 spiro atoms. The topological polar surface area (TPSA) is 49.8 Å². The molecule has 1 atom stereocenters. The lowest BCUT2D eigenvalue weighted by Crippen LogP contribution is -2.11. The van der Waals surface area contributed by atoms with Crippen molar-refractivity contribution in [2.75, 3.05) is 30.5 Å².